The molecule has 0 bridgehead atoms. The standard InChI is InChI=1S/C12H21ClNO4P/c1-4-8-14-11-5-6-12(10-13,18-11)7-9-19(15,16-2)17-3/h7-9,11H,4-6,10H2,1-3H3. The van der Waals surface area contributed by atoms with Crippen LogP contribution in [0.25, 0.3) is 0 Å². The van der Waals surface area contributed by atoms with E-state index in [1.165, 1.54) is 20.0 Å². The van der Waals surface area contributed by atoms with E-state index in [-0.39, 0.29) is 12.1 Å². The van der Waals surface area contributed by atoms with Crippen LogP contribution in [0.1, 0.15) is 26.2 Å². The highest BCUT2D eigenvalue weighted by atomic mass is 35.5. The second-order valence-corrected chi connectivity index (χ2v) is 6.65. The molecule has 1 saturated heterocycles. The Morgan fingerprint density at radius 2 is 2.21 bits per heavy atom. The summed E-state index contributed by atoms with van der Waals surface area (Å²) in [6.45, 7) is 2.01. The molecule has 1 rings (SSSR count). The Kier molecular flexibility index (Phi) is 6.71. The fourth-order valence-corrected chi connectivity index (χ4v) is 2.91. The maximum atomic E-state index is 12.0. The molecule has 19 heavy (non-hydrogen) atoms. The van der Waals surface area contributed by atoms with E-state index in [9.17, 15) is 4.57 Å². The Labute approximate surface area is 119 Å². The minimum absolute atomic E-state index is 0.187. The molecule has 2 atom stereocenters. The van der Waals surface area contributed by atoms with Crippen LogP contribution in [-0.2, 0) is 18.3 Å². The zero-order chi connectivity index (χ0) is 14.4. The fraction of sp³-hybridized carbons (Fsp3) is 0.750. The summed E-state index contributed by atoms with van der Waals surface area (Å²) >= 11 is 5.98. The van der Waals surface area contributed by atoms with Gasteiger partial charge >= 0.3 is 7.60 Å². The second-order valence-electron chi connectivity index (χ2n) is 4.27. The van der Waals surface area contributed by atoms with Gasteiger partial charge in [0.25, 0.3) is 0 Å². The number of aliphatic imine (C=N–C) groups is 1. The molecule has 0 radical (unpaired) electrons. The molecule has 0 aromatic carbocycles. The van der Waals surface area contributed by atoms with Crippen molar-refractivity contribution in [1.82, 2.24) is 0 Å². The van der Waals surface area contributed by atoms with E-state index in [0.717, 1.165) is 19.3 Å². The van der Waals surface area contributed by atoms with Crippen molar-refractivity contribution in [1.29, 1.82) is 0 Å². The van der Waals surface area contributed by atoms with Crippen molar-refractivity contribution in [3.63, 3.8) is 0 Å². The molecule has 1 heterocycles. The van der Waals surface area contributed by atoms with Gasteiger partial charge in [0.1, 0.15) is 11.8 Å². The van der Waals surface area contributed by atoms with Gasteiger partial charge in [-0.25, -0.2) is 0 Å². The lowest BCUT2D eigenvalue weighted by atomic mass is 10.0. The van der Waals surface area contributed by atoms with Gasteiger partial charge in [-0.2, -0.15) is 0 Å². The first-order valence-electron chi connectivity index (χ1n) is 6.20. The molecule has 0 saturated carbocycles. The number of nitrogens with zero attached hydrogens (tertiary/aromatic N) is 1. The third kappa shape index (κ3) is 4.69. The summed E-state index contributed by atoms with van der Waals surface area (Å²) in [5, 5.41) is 0. The molecule has 2 unspecified atom stereocenters. The van der Waals surface area contributed by atoms with Crippen LogP contribution < -0.4 is 0 Å². The average molecular weight is 310 g/mol. The van der Waals surface area contributed by atoms with Gasteiger partial charge in [0.2, 0.25) is 0 Å². The minimum atomic E-state index is -3.19. The zero-order valence-electron chi connectivity index (χ0n) is 11.5. The Morgan fingerprint density at radius 1 is 1.53 bits per heavy atom. The average Bonchev–Trinajstić information content (AvgIpc) is 2.87. The summed E-state index contributed by atoms with van der Waals surface area (Å²) in [5.41, 5.74) is -0.649. The topological polar surface area (TPSA) is 57.1 Å². The van der Waals surface area contributed by atoms with Gasteiger partial charge in [0.15, 0.2) is 0 Å². The summed E-state index contributed by atoms with van der Waals surface area (Å²) in [4.78, 5) is 4.30. The maximum Gasteiger partial charge on any atom is 0.353 e. The molecule has 1 aliphatic heterocycles. The van der Waals surface area contributed by atoms with Crippen LogP contribution in [0.3, 0.4) is 0 Å². The molecule has 1 aliphatic rings. The molecule has 0 spiro atoms. The van der Waals surface area contributed by atoms with E-state index in [0.29, 0.717) is 0 Å². The van der Waals surface area contributed by atoms with Gasteiger partial charge in [-0.05, 0) is 25.3 Å². The molecule has 0 N–H and O–H groups in total. The molecule has 1 fully saturated rings. The molecule has 7 heteroatoms. The third-order valence-electron chi connectivity index (χ3n) is 2.94. The van der Waals surface area contributed by atoms with Crippen molar-refractivity contribution in [2.24, 2.45) is 4.99 Å². The van der Waals surface area contributed by atoms with E-state index >= 15 is 0 Å². The number of alkyl halides is 1. The Morgan fingerprint density at radius 3 is 2.74 bits per heavy atom. The third-order valence-corrected chi connectivity index (χ3v) is 4.92. The lowest BCUT2D eigenvalue weighted by Gasteiger charge is -2.22. The molecule has 5 nitrogen and oxygen atoms in total. The monoisotopic (exact) mass is 309 g/mol. The highest BCUT2D eigenvalue weighted by Crippen LogP contribution is 2.49. The molecule has 0 aliphatic carbocycles. The van der Waals surface area contributed by atoms with Crippen LogP contribution in [0.5, 0.6) is 0 Å². The molecule has 0 amide bonds. The zero-order valence-corrected chi connectivity index (χ0v) is 13.2. The Balaban J connectivity index is 2.76. The normalized spacial score (nSPS) is 28.7. The second kappa shape index (κ2) is 7.55. The van der Waals surface area contributed by atoms with Crippen molar-refractivity contribution in [2.45, 2.75) is 38.0 Å². The van der Waals surface area contributed by atoms with Gasteiger partial charge in [-0.15, -0.1) is 11.6 Å². The molecular weight excluding hydrogens is 289 g/mol. The number of ether oxygens (including phenoxy) is 1. The summed E-state index contributed by atoms with van der Waals surface area (Å²) < 4.78 is 27.5. The van der Waals surface area contributed by atoms with E-state index in [1.54, 1.807) is 6.08 Å². The van der Waals surface area contributed by atoms with E-state index in [1.807, 2.05) is 13.1 Å². The summed E-state index contributed by atoms with van der Waals surface area (Å²) in [5.74, 6) is 1.68. The number of hydrogen-bond donors (Lipinski definition) is 0. The molecule has 0 aromatic rings. The van der Waals surface area contributed by atoms with Crippen molar-refractivity contribution in [3.05, 3.63) is 11.9 Å². The maximum absolute atomic E-state index is 12.0. The lowest BCUT2D eigenvalue weighted by molar-refractivity contribution is 0.0120. The van der Waals surface area contributed by atoms with Gasteiger partial charge in [0, 0.05) is 26.3 Å². The van der Waals surface area contributed by atoms with Gasteiger partial charge in [0.05, 0.1) is 5.88 Å². The highest BCUT2D eigenvalue weighted by molar-refractivity contribution is 7.57. The summed E-state index contributed by atoms with van der Waals surface area (Å²) in [7, 11) is -0.510. The minimum Gasteiger partial charge on any atom is -0.345 e. The van der Waals surface area contributed by atoms with Crippen molar-refractivity contribution < 1.29 is 18.3 Å². The quantitative estimate of drug-likeness (QED) is 0.410. The largest absolute Gasteiger partial charge is 0.353 e. The van der Waals surface area contributed by atoms with E-state index in [2.05, 4.69) is 4.99 Å². The summed E-state index contributed by atoms with van der Waals surface area (Å²) in [6.07, 6.45) is 5.70. The van der Waals surface area contributed by atoms with Crippen LogP contribution in [0.4, 0.5) is 0 Å². The van der Waals surface area contributed by atoms with E-state index in [4.69, 9.17) is 25.4 Å². The first kappa shape index (κ1) is 16.9. The Bertz CT molecular complexity index is 380. The predicted molar refractivity (Wildman–Crippen MR) is 77.1 cm³/mol. The number of hydrogen-bond acceptors (Lipinski definition) is 5. The smallest absolute Gasteiger partial charge is 0.345 e. The number of rotatable bonds is 7. The van der Waals surface area contributed by atoms with Crippen LogP contribution >= 0.6 is 19.2 Å². The van der Waals surface area contributed by atoms with Crippen LogP contribution in [0.15, 0.2) is 16.9 Å². The lowest BCUT2D eigenvalue weighted by Crippen LogP contribution is -2.28. The van der Waals surface area contributed by atoms with Gasteiger partial charge < -0.3 is 13.8 Å². The first-order valence-corrected chi connectivity index (χ1v) is 8.34. The van der Waals surface area contributed by atoms with Crippen molar-refractivity contribution >= 4 is 25.4 Å². The molecule has 110 valence electrons. The highest BCUT2D eigenvalue weighted by Gasteiger charge is 2.38. The molecular formula is C12H21ClNO4P. The van der Waals surface area contributed by atoms with Crippen LogP contribution in [0, 0.1) is 0 Å². The fourth-order valence-electron chi connectivity index (χ4n) is 1.77. The van der Waals surface area contributed by atoms with Crippen LogP contribution in [-0.4, -0.2) is 38.1 Å². The Hall–Kier alpha value is -0.190. The SMILES string of the molecule is CCC=NC1CCC(C=CP(=O)(OC)OC)(CCl)O1. The van der Waals surface area contributed by atoms with Crippen LogP contribution in [0.2, 0.25) is 0 Å². The number of halogens is 1. The summed E-state index contributed by atoms with van der Waals surface area (Å²) in [6, 6.07) is 0. The van der Waals surface area contributed by atoms with Crippen molar-refractivity contribution in [3.8, 4) is 0 Å². The first-order chi connectivity index (χ1) is 9.03. The van der Waals surface area contributed by atoms with Gasteiger partial charge in [-0.3, -0.25) is 9.56 Å². The van der Waals surface area contributed by atoms with E-state index < -0.39 is 13.2 Å². The van der Waals surface area contributed by atoms with Crippen molar-refractivity contribution in [2.75, 3.05) is 20.1 Å². The molecule has 0 aromatic heterocycles. The predicted octanol–water partition coefficient (Wildman–Crippen LogP) is 3.58. The van der Waals surface area contributed by atoms with Gasteiger partial charge in [-0.1, -0.05) is 6.92 Å².